The molecule has 0 saturated carbocycles. The number of nitrogens with one attached hydrogen (secondary N) is 1. The molecule has 2 heterocycles. The van der Waals surface area contributed by atoms with Crippen LogP contribution in [0.25, 0.3) is 5.82 Å². The van der Waals surface area contributed by atoms with E-state index in [9.17, 15) is 0 Å². The Morgan fingerprint density at radius 3 is 2.55 bits per heavy atom. The van der Waals surface area contributed by atoms with Crippen molar-refractivity contribution in [2.24, 2.45) is 0 Å². The molecule has 0 aliphatic rings. The molecule has 112 valence electrons. The molecule has 6 heteroatoms. The maximum Gasteiger partial charge on any atom is 0.175 e. The molecule has 0 bridgehead atoms. The highest BCUT2D eigenvalue weighted by Crippen LogP contribution is 2.25. The summed E-state index contributed by atoms with van der Waals surface area (Å²) in [6.45, 7) is 4.03. The number of nitrogens with zero attached hydrogens (tertiary/aromatic N) is 4. The first-order valence-corrected chi connectivity index (χ1v) is 7.80. The molecular weight excluding hydrogens is 342 g/mol. The zero-order valence-corrected chi connectivity index (χ0v) is 13.9. The van der Waals surface area contributed by atoms with E-state index in [0.29, 0.717) is 5.82 Å². The fraction of sp³-hybridized carbons (Fsp3) is 0.188. The maximum atomic E-state index is 4.32. The van der Waals surface area contributed by atoms with Crippen molar-refractivity contribution in [3.63, 3.8) is 0 Å². The number of aryl methyl sites for hydroxylation is 1. The van der Waals surface area contributed by atoms with Gasteiger partial charge in [-0.3, -0.25) is 0 Å². The molecule has 3 rings (SSSR count). The lowest BCUT2D eigenvalue weighted by molar-refractivity contribution is 0.795. The van der Waals surface area contributed by atoms with E-state index >= 15 is 0 Å². The van der Waals surface area contributed by atoms with Crippen molar-refractivity contribution in [1.29, 1.82) is 0 Å². The lowest BCUT2D eigenvalue weighted by atomic mass is 10.1. The van der Waals surface area contributed by atoms with Gasteiger partial charge >= 0.3 is 0 Å². The van der Waals surface area contributed by atoms with E-state index in [2.05, 4.69) is 49.5 Å². The van der Waals surface area contributed by atoms with Gasteiger partial charge in [-0.1, -0.05) is 34.1 Å². The second-order valence-corrected chi connectivity index (χ2v) is 5.92. The minimum Gasteiger partial charge on any atom is -0.362 e. The normalized spacial score (nSPS) is 12.1. The number of halogens is 1. The van der Waals surface area contributed by atoms with Crippen LogP contribution in [-0.2, 0) is 0 Å². The number of hydrogen-bond acceptors (Lipinski definition) is 4. The maximum absolute atomic E-state index is 4.32. The Morgan fingerprint density at radius 2 is 1.91 bits per heavy atom. The Labute approximate surface area is 137 Å². The van der Waals surface area contributed by atoms with Crippen LogP contribution in [-0.4, -0.2) is 20.0 Å². The first kappa shape index (κ1) is 14.7. The van der Waals surface area contributed by atoms with E-state index in [1.54, 1.807) is 4.68 Å². The van der Waals surface area contributed by atoms with E-state index in [4.69, 9.17) is 0 Å². The Kier molecular flexibility index (Phi) is 4.20. The van der Waals surface area contributed by atoms with Gasteiger partial charge in [0, 0.05) is 10.7 Å². The topological polar surface area (TPSA) is 55.6 Å². The number of benzene rings is 1. The Balaban J connectivity index is 1.75. The molecular formula is C16H16BrN5. The monoisotopic (exact) mass is 357 g/mol. The van der Waals surface area contributed by atoms with Crippen LogP contribution in [0, 0.1) is 6.92 Å². The molecule has 1 aromatic carbocycles. The van der Waals surface area contributed by atoms with Gasteiger partial charge in [0.1, 0.15) is 5.82 Å². The van der Waals surface area contributed by atoms with E-state index in [1.807, 2.05) is 49.5 Å². The van der Waals surface area contributed by atoms with Crippen LogP contribution in [0.5, 0.6) is 0 Å². The number of rotatable bonds is 4. The van der Waals surface area contributed by atoms with Gasteiger partial charge in [0.15, 0.2) is 5.82 Å². The van der Waals surface area contributed by atoms with Crippen molar-refractivity contribution in [3.8, 4) is 5.82 Å². The molecule has 0 spiro atoms. The summed E-state index contributed by atoms with van der Waals surface area (Å²) in [6.07, 6.45) is 1.87. The van der Waals surface area contributed by atoms with Crippen LogP contribution < -0.4 is 5.32 Å². The summed E-state index contributed by atoms with van der Waals surface area (Å²) in [5, 5.41) is 16.1. The fourth-order valence-corrected chi connectivity index (χ4v) is 2.82. The van der Waals surface area contributed by atoms with Gasteiger partial charge < -0.3 is 5.32 Å². The molecule has 1 atom stereocenters. The third kappa shape index (κ3) is 3.17. The van der Waals surface area contributed by atoms with Crippen LogP contribution in [0.4, 0.5) is 5.82 Å². The summed E-state index contributed by atoms with van der Waals surface area (Å²) < 4.78 is 2.79. The fourth-order valence-electron chi connectivity index (χ4n) is 2.19. The van der Waals surface area contributed by atoms with Gasteiger partial charge in [-0.05, 0) is 43.7 Å². The quantitative estimate of drug-likeness (QED) is 0.768. The average molecular weight is 358 g/mol. The molecule has 22 heavy (non-hydrogen) atoms. The molecule has 0 amide bonds. The molecule has 0 radical (unpaired) electrons. The van der Waals surface area contributed by atoms with Crippen molar-refractivity contribution in [3.05, 3.63) is 64.4 Å². The lowest BCUT2D eigenvalue weighted by Crippen LogP contribution is -2.10. The predicted molar refractivity (Wildman–Crippen MR) is 90.1 cm³/mol. The highest BCUT2D eigenvalue weighted by molar-refractivity contribution is 9.10. The van der Waals surface area contributed by atoms with E-state index < -0.39 is 0 Å². The molecule has 0 fully saturated rings. The Hall–Kier alpha value is -2.21. The highest BCUT2D eigenvalue weighted by atomic mass is 79.9. The molecule has 0 saturated heterocycles. The van der Waals surface area contributed by atoms with Crippen LogP contribution in [0.1, 0.15) is 24.2 Å². The number of anilines is 1. The molecule has 1 N–H and O–H groups in total. The Bertz CT molecular complexity index is 766. The molecule has 1 unspecified atom stereocenters. The third-order valence-corrected chi connectivity index (χ3v) is 4.07. The van der Waals surface area contributed by atoms with E-state index in [1.165, 1.54) is 5.56 Å². The summed E-state index contributed by atoms with van der Waals surface area (Å²) in [5.41, 5.74) is 2.13. The highest BCUT2D eigenvalue weighted by Gasteiger charge is 2.10. The van der Waals surface area contributed by atoms with Crippen molar-refractivity contribution < 1.29 is 0 Å². The summed E-state index contributed by atoms with van der Waals surface area (Å²) in [6, 6.07) is 14.0. The molecule has 0 aliphatic carbocycles. The van der Waals surface area contributed by atoms with Gasteiger partial charge in [-0.25, -0.2) is 4.68 Å². The van der Waals surface area contributed by atoms with Gasteiger partial charge in [0.2, 0.25) is 0 Å². The van der Waals surface area contributed by atoms with Gasteiger partial charge in [-0.2, -0.15) is 5.10 Å². The van der Waals surface area contributed by atoms with Crippen molar-refractivity contribution in [2.75, 3.05) is 5.32 Å². The number of hydrogen-bond donors (Lipinski definition) is 1. The summed E-state index contributed by atoms with van der Waals surface area (Å²) in [4.78, 5) is 0. The van der Waals surface area contributed by atoms with Crippen LogP contribution >= 0.6 is 15.9 Å². The molecule has 3 aromatic rings. The summed E-state index contributed by atoms with van der Waals surface area (Å²) in [7, 11) is 0. The molecule has 2 aromatic heterocycles. The first-order valence-electron chi connectivity index (χ1n) is 7.01. The van der Waals surface area contributed by atoms with Crippen LogP contribution in [0.2, 0.25) is 0 Å². The predicted octanol–water partition coefficient (Wildman–Crippen LogP) is 3.91. The first-order chi connectivity index (χ1) is 10.6. The second kappa shape index (κ2) is 6.27. The third-order valence-electron chi connectivity index (χ3n) is 3.34. The molecule has 5 nitrogen and oxygen atoms in total. The van der Waals surface area contributed by atoms with Crippen LogP contribution in [0.15, 0.2) is 53.1 Å². The van der Waals surface area contributed by atoms with Crippen LogP contribution in [0.3, 0.4) is 0 Å². The van der Waals surface area contributed by atoms with Crippen molar-refractivity contribution >= 4 is 21.7 Å². The van der Waals surface area contributed by atoms with Gasteiger partial charge in [0.25, 0.3) is 0 Å². The smallest absolute Gasteiger partial charge is 0.175 e. The zero-order valence-electron chi connectivity index (χ0n) is 12.4. The SMILES string of the molecule is Cc1ccn(-c2ccc(NC(C)c3ccccc3Br)nn2)n1. The zero-order chi connectivity index (χ0) is 15.5. The van der Waals surface area contributed by atoms with Crippen molar-refractivity contribution in [1.82, 2.24) is 20.0 Å². The largest absolute Gasteiger partial charge is 0.362 e. The summed E-state index contributed by atoms with van der Waals surface area (Å²) in [5.74, 6) is 1.43. The van der Waals surface area contributed by atoms with Gasteiger partial charge in [0.05, 0.1) is 11.7 Å². The lowest BCUT2D eigenvalue weighted by Gasteiger charge is -2.16. The summed E-state index contributed by atoms with van der Waals surface area (Å²) >= 11 is 3.57. The average Bonchev–Trinajstić information content (AvgIpc) is 2.95. The van der Waals surface area contributed by atoms with E-state index in [0.717, 1.165) is 16.0 Å². The second-order valence-electron chi connectivity index (χ2n) is 5.07. The standard InChI is InChI=1S/C16H16BrN5/c1-11-9-10-22(21-11)16-8-7-15(19-20-16)18-12(2)13-5-3-4-6-14(13)17/h3-10,12H,1-2H3,(H,18,19). The van der Waals surface area contributed by atoms with E-state index in [-0.39, 0.29) is 6.04 Å². The Morgan fingerprint density at radius 1 is 1.09 bits per heavy atom. The molecule has 0 aliphatic heterocycles. The minimum atomic E-state index is 0.127. The number of aromatic nitrogens is 4. The van der Waals surface area contributed by atoms with Crippen molar-refractivity contribution in [2.45, 2.75) is 19.9 Å². The minimum absolute atomic E-state index is 0.127. The van der Waals surface area contributed by atoms with Gasteiger partial charge in [-0.15, -0.1) is 10.2 Å².